The van der Waals surface area contributed by atoms with Crippen LogP contribution in [0.2, 0.25) is 0 Å². The second kappa shape index (κ2) is 40.4. The van der Waals surface area contributed by atoms with Crippen LogP contribution in [-0.2, 0) is 71.9 Å². The van der Waals surface area contributed by atoms with Crippen LogP contribution in [0.3, 0.4) is 0 Å². The van der Waals surface area contributed by atoms with Gasteiger partial charge in [0.1, 0.15) is 78.5 Å². The smallest absolute Gasteiger partial charge is 0.326 e. The third kappa shape index (κ3) is 27.8. The molecule has 1 aliphatic rings. The average Bonchev–Trinajstić information content (AvgIpc) is 1.98. The van der Waals surface area contributed by atoms with E-state index in [1.54, 1.807) is 41.5 Å². The van der Waals surface area contributed by atoms with Crippen LogP contribution in [0.1, 0.15) is 135 Å². The third-order valence-electron chi connectivity index (χ3n) is 15.0. The zero-order valence-corrected chi connectivity index (χ0v) is 56.1. The van der Waals surface area contributed by atoms with E-state index in [-0.39, 0.29) is 49.8 Å². The Morgan fingerprint density at radius 2 is 0.892 bits per heavy atom. The number of aliphatic hydroxyl groups excluding tert-OH is 3. The first-order valence-corrected chi connectivity index (χ1v) is 31.6. The molecule has 1 saturated heterocycles. The molecular weight excluding hydrogens is 1240 g/mol. The van der Waals surface area contributed by atoms with E-state index in [0.29, 0.717) is 12.8 Å². The molecule has 0 aromatic rings. The Morgan fingerprint density at radius 3 is 1.35 bits per heavy atom. The Labute approximate surface area is 546 Å². The van der Waals surface area contributed by atoms with Gasteiger partial charge >= 0.3 is 5.97 Å². The van der Waals surface area contributed by atoms with Gasteiger partial charge in [0.05, 0.1) is 25.4 Å². The average molecular weight is 1340 g/mol. The Hall–Kier alpha value is -7.76. The molecule has 0 spiro atoms. The lowest BCUT2D eigenvalue weighted by Gasteiger charge is -2.32. The fourth-order valence-electron chi connectivity index (χ4n) is 9.27. The van der Waals surface area contributed by atoms with Gasteiger partial charge in [0, 0.05) is 18.7 Å². The van der Waals surface area contributed by atoms with Crippen LogP contribution in [0, 0.1) is 23.7 Å². The van der Waals surface area contributed by atoms with Crippen LogP contribution >= 0.6 is 12.6 Å². The summed E-state index contributed by atoms with van der Waals surface area (Å²) in [7, 11) is 0. The summed E-state index contributed by atoms with van der Waals surface area (Å²) < 4.78 is 0. The Morgan fingerprint density at radius 1 is 0.495 bits per heavy atom. The maximum Gasteiger partial charge on any atom is 0.326 e. The van der Waals surface area contributed by atoms with Crippen molar-refractivity contribution in [3.63, 3.8) is 0 Å². The first kappa shape index (κ1) is 83.3. The van der Waals surface area contributed by atoms with Crippen molar-refractivity contribution in [1.82, 2.24) is 68.7 Å². The lowest BCUT2D eigenvalue weighted by molar-refractivity contribution is -0.143. The number of carbonyl (C=O) groups excluding carboxylic acids is 14. The van der Waals surface area contributed by atoms with Gasteiger partial charge in [-0.2, -0.15) is 12.6 Å². The molecule has 0 unspecified atom stereocenters. The zero-order chi connectivity index (χ0) is 71.5. The van der Waals surface area contributed by atoms with Crippen LogP contribution in [0.25, 0.3) is 0 Å². The number of nitrogens with two attached hydrogens (primary N) is 2. The first-order chi connectivity index (χ1) is 43.3. The van der Waals surface area contributed by atoms with Gasteiger partial charge in [0.15, 0.2) is 0 Å². The number of nitrogens with zero attached hydrogens (tertiary/aromatic N) is 1. The number of carboxylic acids is 1. The van der Waals surface area contributed by atoms with Crippen molar-refractivity contribution in [1.29, 1.82) is 0 Å². The number of carbonyl (C=O) groups is 15. The van der Waals surface area contributed by atoms with Gasteiger partial charge in [0.2, 0.25) is 82.7 Å². The van der Waals surface area contributed by atoms with Crippen molar-refractivity contribution >= 4 is 101 Å². The predicted molar refractivity (Wildman–Crippen MR) is 338 cm³/mol. The number of primary amides is 1. The fourth-order valence-corrected chi connectivity index (χ4v) is 9.53. The van der Waals surface area contributed by atoms with Crippen molar-refractivity contribution in [3.05, 3.63) is 0 Å². The number of amides is 14. The lowest BCUT2D eigenvalue weighted by Crippen LogP contribution is -2.62. The maximum atomic E-state index is 14.4. The largest absolute Gasteiger partial charge is 0.480 e. The monoisotopic (exact) mass is 1340 g/mol. The van der Waals surface area contributed by atoms with Crippen LogP contribution in [0.4, 0.5) is 0 Å². The molecule has 1 fully saturated rings. The standard InChI is InChI=1S/C58H101N15O19S/c1-14-28(8)43(71-48(81)32(12)61-45(78)29(9)59)55(88)69-39(24-93)52(85)67-37(22-74)50(83)65-35(20-25(2)3)57(90)73-19-15-16-40(73)53(86)70-42(27(6)7)54(87)68-38(23-75)51(84)72-44(33(13)76)56(89)63-31(11)46(79)64-34(17-18-41(60)77)49(82)62-30(10)47(80)66-36(58(91)92)21-26(4)5/h25-40,42-44,74-76,93H,14-24,59H2,1-13H3,(H2,60,77)(H,61,78)(H,62,82)(H,63,89)(H,64,79)(H,65,83)(H,66,80)(H,67,85)(H,68,87)(H,69,88)(H,70,86)(H,71,81)(H,72,84)(H,91,92)/t28-,29-,30-,31-,32-,33+,34-,35-,36-,37-,38-,39-,40-,42-,43-,44-/m0/s1. The normalized spacial score (nSPS) is 17.8. The molecule has 1 aliphatic heterocycles. The molecule has 1 rings (SSSR count). The molecule has 0 radical (unpaired) electrons. The van der Waals surface area contributed by atoms with E-state index in [4.69, 9.17) is 11.5 Å². The highest BCUT2D eigenvalue weighted by Crippen LogP contribution is 2.22. The molecule has 20 N–H and O–H groups in total. The van der Waals surface area contributed by atoms with Gasteiger partial charge < -0.3 is 101 Å². The number of carboxylic acid groups (broad SMARTS) is 1. The van der Waals surface area contributed by atoms with Gasteiger partial charge in [-0.15, -0.1) is 0 Å². The highest BCUT2D eigenvalue weighted by Gasteiger charge is 2.42. The maximum absolute atomic E-state index is 14.4. The zero-order valence-electron chi connectivity index (χ0n) is 55.2. The van der Waals surface area contributed by atoms with Crippen molar-refractivity contribution < 1.29 is 92.3 Å². The number of hydrogen-bond donors (Lipinski definition) is 19. The summed E-state index contributed by atoms with van der Waals surface area (Å²) in [6, 6.07) is -19.7. The molecule has 34 nitrogen and oxygen atoms in total. The first-order valence-electron chi connectivity index (χ1n) is 31.0. The van der Waals surface area contributed by atoms with Crippen LogP contribution < -0.4 is 75.3 Å². The number of hydrogen-bond acceptors (Lipinski definition) is 20. The summed E-state index contributed by atoms with van der Waals surface area (Å²) in [5, 5.41) is 69.6. The van der Waals surface area contributed by atoms with Crippen molar-refractivity contribution in [3.8, 4) is 0 Å². The highest BCUT2D eigenvalue weighted by atomic mass is 32.1. The third-order valence-corrected chi connectivity index (χ3v) is 15.4. The number of thiol groups is 1. The van der Waals surface area contributed by atoms with E-state index in [2.05, 4.69) is 76.4 Å². The number of nitrogens with one attached hydrogen (secondary N) is 12. The molecule has 528 valence electrons. The number of aliphatic hydroxyl groups is 3. The SMILES string of the molecule is CC[C@H](C)[C@H](NC(=O)[C@H](C)NC(=O)[C@H](C)N)C(=O)N[C@@H](CS)C(=O)N[C@@H](CO)C(=O)N[C@@H](CC(C)C)C(=O)N1CCC[C@H]1C(=O)N[C@H](C(=O)N[C@@H](CO)C(=O)N[C@H](C(=O)N[C@@H](C)C(=O)N[C@@H](CCC(N)=O)C(=O)N[C@@H](C)C(=O)N[C@@H](CC(C)C)C(=O)O)[C@@H](C)O)C(C)C. The summed E-state index contributed by atoms with van der Waals surface area (Å²) in [5.74, 6) is -16.0. The minimum Gasteiger partial charge on any atom is -0.480 e. The molecular formula is C58H101N15O19S. The van der Waals surface area contributed by atoms with E-state index in [1.807, 2.05) is 0 Å². The van der Waals surface area contributed by atoms with Gasteiger partial charge in [0.25, 0.3) is 0 Å². The molecule has 1 heterocycles. The van der Waals surface area contributed by atoms with E-state index in [0.717, 1.165) is 13.8 Å². The highest BCUT2D eigenvalue weighted by molar-refractivity contribution is 7.80. The lowest BCUT2D eigenvalue weighted by atomic mass is 9.97. The minimum absolute atomic E-state index is 0.00367. The van der Waals surface area contributed by atoms with Gasteiger partial charge in [-0.25, -0.2) is 4.79 Å². The second-order valence-electron chi connectivity index (χ2n) is 24.5. The Kier molecular flexibility index (Phi) is 36.1. The summed E-state index contributed by atoms with van der Waals surface area (Å²) in [6.07, 6.45) is -1.64. The molecule has 0 aliphatic carbocycles. The molecule has 0 aromatic carbocycles. The molecule has 0 saturated carbocycles. The summed E-state index contributed by atoms with van der Waals surface area (Å²) in [5.41, 5.74) is 10.9. The molecule has 0 bridgehead atoms. The molecule has 16 atom stereocenters. The van der Waals surface area contributed by atoms with Gasteiger partial charge in [-0.1, -0.05) is 61.8 Å². The second-order valence-corrected chi connectivity index (χ2v) is 24.9. The number of rotatable bonds is 40. The van der Waals surface area contributed by atoms with E-state index < -0.39 is 211 Å². The number of likely N-dealkylation sites (tertiary alicyclic amines) is 1. The number of aliphatic carboxylic acids is 1. The van der Waals surface area contributed by atoms with E-state index >= 15 is 0 Å². The van der Waals surface area contributed by atoms with E-state index in [1.165, 1.54) is 39.5 Å². The minimum atomic E-state index is -1.86. The Bertz CT molecular complexity index is 2630. The summed E-state index contributed by atoms with van der Waals surface area (Å²) in [6.45, 7) is 17.7. The quantitative estimate of drug-likeness (QED) is 0.0254. The topological polar surface area (TPSA) is 537 Å². The van der Waals surface area contributed by atoms with E-state index in [9.17, 15) is 92.3 Å². The molecule has 14 amide bonds. The van der Waals surface area contributed by atoms with Crippen molar-refractivity contribution in [2.45, 2.75) is 226 Å². The molecule has 35 heteroatoms. The Balaban J connectivity index is 3.21. The van der Waals surface area contributed by atoms with Crippen LogP contribution in [-0.4, -0.2) is 230 Å². The van der Waals surface area contributed by atoms with Crippen LogP contribution in [0.5, 0.6) is 0 Å². The van der Waals surface area contributed by atoms with Gasteiger partial charge in [-0.05, 0) is 90.4 Å². The van der Waals surface area contributed by atoms with Crippen molar-refractivity contribution in [2.75, 3.05) is 25.5 Å². The fraction of sp³-hybridized carbons (Fsp3) is 0.741. The van der Waals surface area contributed by atoms with Gasteiger partial charge in [-0.3, -0.25) is 67.1 Å². The van der Waals surface area contributed by atoms with Crippen LogP contribution in [0.15, 0.2) is 0 Å². The molecule has 93 heavy (non-hydrogen) atoms. The summed E-state index contributed by atoms with van der Waals surface area (Å²) in [4.78, 5) is 200. The molecule has 0 aromatic heterocycles. The van der Waals surface area contributed by atoms with Crippen molar-refractivity contribution in [2.24, 2.45) is 35.1 Å². The summed E-state index contributed by atoms with van der Waals surface area (Å²) >= 11 is 4.20. The predicted octanol–water partition coefficient (Wildman–Crippen LogP) is -6.36.